The van der Waals surface area contributed by atoms with Crippen LogP contribution >= 0.6 is 0 Å². The Balaban J connectivity index is 1.43. The first-order valence-electron chi connectivity index (χ1n) is 7.75. The molecule has 0 bridgehead atoms. The molecule has 0 saturated carbocycles. The first kappa shape index (κ1) is 13.8. The first-order valence-corrected chi connectivity index (χ1v) is 7.75. The van der Waals surface area contributed by atoms with E-state index < -0.39 is 0 Å². The van der Waals surface area contributed by atoms with E-state index in [1.807, 2.05) is 6.07 Å². The van der Waals surface area contributed by atoms with E-state index in [1.165, 1.54) is 18.4 Å². The molecule has 0 N–H and O–H groups in total. The number of ketones is 1. The van der Waals surface area contributed by atoms with E-state index >= 15 is 0 Å². The van der Waals surface area contributed by atoms with Gasteiger partial charge in [-0.05, 0) is 37.8 Å². The maximum Gasteiger partial charge on any atom is 0.162 e. The molecule has 2 fully saturated rings. The number of nitrogens with zero attached hydrogens (tertiary/aromatic N) is 1. The standard InChI is InChI=1S/C17H23NO2/c19-16(10-4-8-14-6-2-1-3-7-14)17-12-18-11-5-9-15(18)13-20-17/h1-3,6-7,15,17H,4-5,8-13H2. The fourth-order valence-corrected chi connectivity index (χ4v) is 3.28. The van der Waals surface area contributed by atoms with Gasteiger partial charge in [-0.15, -0.1) is 0 Å². The molecule has 0 spiro atoms. The Kier molecular flexibility index (Phi) is 4.48. The van der Waals surface area contributed by atoms with E-state index in [9.17, 15) is 4.79 Å². The van der Waals surface area contributed by atoms with Gasteiger partial charge in [-0.25, -0.2) is 0 Å². The lowest BCUT2D eigenvalue weighted by atomic mass is 10.0. The molecule has 1 aromatic carbocycles. The normalized spacial score (nSPS) is 26.4. The van der Waals surface area contributed by atoms with Crippen molar-refractivity contribution in [3.63, 3.8) is 0 Å². The van der Waals surface area contributed by atoms with Crippen LogP contribution in [0.1, 0.15) is 31.2 Å². The summed E-state index contributed by atoms with van der Waals surface area (Å²) < 4.78 is 5.77. The van der Waals surface area contributed by atoms with Gasteiger partial charge < -0.3 is 4.74 Å². The summed E-state index contributed by atoms with van der Waals surface area (Å²) >= 11 is 0. The number of hydrogen-bond acceptors (Lipinski definition) is 3. The molecule has 3 rings (SSSR count). The molecule has 2 atom stereocenters. The van der Waals surface area contributed by atoms with Gasteiger partial charge in [0.15, 0.2) is 5.78 Å². The lowest BCUT2D eigenvalue weighted by Crippen LogP contribution is -2.49. The number of rotatable bonds is 5. The Morgan fingerprint density at radius 2 is 2.15 bits per heavy atom. The van der Waals surface area contributed by atoms with E-state index in [1.54, 1.807) is 0 Å². The van der Waals surface area contributed by atoms with Crippen molar-refractivity contribution in [2.75, 3.05) is 19.7 Å². The molecule has 3 nitrogen and oxygen atoms in total. The zero-order valence-electron chi connectivity index (χ0n) is 12.0. The van der Waals surface area contributed by atoms with E-state index in [-0.39, 0.29) is 11.9 Å². The highest BCUT2D eigenvalue weighted by molar-refractivity contribution is 5.83. The Labute approximate surface area is 120 Å². The van der Waals surface area contributed by atoms with Crippen molar-refractivity contribution in [3.05, 3.63) is 35.9 Å². The minimum atomic E-state index is -0.180. The second-order valence-electron chi connectivity index (χ2n) is 5.92. The largest absolute Gasteiger partial charge is 0.367 e. The number of fused-ring (bicyclic) bond motifs is 1. The summed E-state index contributed by atoms with van der Waals surface area (Å²) in [6, 6.07) is 10.9. The number of carbonyl (C=O) groups is 1. The Hall–Kier alpha value is -1.19. The van der Waals surface area contributed by atoms with E-state index in [0.29, 0.717) is 12.5 Å². The second-order valence-corrected chi connectivity index (χ2v) is 5.92. The second kappa shape index (κ2) is 6.51. The third-order valence-electron chi connectivity index (χ3n) is 4.48. The lowest BCUT2D eigenvalue weighted by Gasteiger charge is -2.34. The summed E-state index contributed by atoms with van der Waals surface area (Å²) in [6.07, 6.45) is 4.84. The minimum absolute atomic E-state index is 0.180. The fraction of sp³-hybridized carbons (Fsp3) is 0.588. The molecular formula is C17H23NO2. The first-order chi connectivity index (χ1) is 9.83. The number of hydrogen-bond donors (Lipinski definition) is 0. The molecule has 2 unspecified atom stereocenters. The quantitative estimate of drug-likeness (QED) is 0.825. The van der Waals surface area contributed by atoms with Gasteiger partial charge in [0.2, 0.25) is 0 Å². The third-order valence-corrected chi connectivity index (χ3v) is 4.48. The van der Waals surface area contributed by atoms with Crippen molar-refractivity contribution >= 4 is 5.78 Å². The van der Waals surface area contributed by atoms with Crippen molar-refractivity contribution in [2.24, 2.45) is 0 Å². The van der Waals surface area contributed by atoms with Gasteiger partial charge in [-0.1, -0.05) is 30.3 Å². The predicted molar refractivity (Wildman–Crippen MR) is 78.7 cm³/mol. The van der Waals surface area contributed by atoms with Gasteiger partial charge in [-0.2, -0.15) is 0 Å². The van der Waals surface area contributed by atoms with Gasteiger partial charge in [0, 0.05) is 19.0 Å². The van der Waals surface area contributed by atoms with Gasteiger partial charge in [-0.3, -0.25) is 9.69 Å². The summed E-state index contributed by atoms with van der Waals surface area (Å²) in [5.41, 5.74) is 1.31. The lowest BCUT2D eigenvalue weighted by molar-refractivity contribution is -0.138. The van der Waals surface area contributed by atoms with Gasteiger partial charge in [0.1, 0.15) is 6.10 Å². The van der Waals surface area contributed by atoms with E-state index in [2.05, 4.69) is 29.2 Å². The van der Waals surface area contributed by atoms with Crippen LogP contribution in [0.5, 0.6) is 0 Å². The molecule has 1 aromatic rings. The van der Waals surface area contributed by atoms with E-state index in [0.717, 1.165) is 32.5 Å². The maximum absolute atomic E-state index is 12.2. The number of Topliss-reactive ketones (excluding diaryl/α,β-unsaturated/α-hetero) is 1. The van der Waals surface area contributed by atoms with Crippen molar-refractivity contribution in [1.29, 1.82) is 0 Å². The van der Waals surface area contributed by atoms with Crippen LogP contribution in [0.2, 0.25) is 0 Å². The molecule has 3 heteroatoms. The summed E-state index contributed by atoms with van der Waals surface area (Å²) in [7, 11) is 0. The highest BCUT2D eigenvalue weighted by atomic mass is 16.5. The summed E-state index contributed by atoms with van der Waals surface area (Å²) in [5.74, 6) is 0.284. The average molecular weight is 273 g/mol. The van der Waals surface area contributed by atoms with Crippen LogP contribution in [-0.2, 0) is 16.0 Å². The molecule has 2 saturated heterocycles. The van der Waals surface area contributed by atoms with Crippen LogP contribution in [0.3, 0.4) is 0 Å². The minimum Gasteiger partial charge on any atom is -0.367 e. The Bertz CT molecular complexity index is 446. The van der Waals surface area contributed by atoms with E-state index in [4.69, 9.17) is 4.74 Å². The smallest absolute Gasteiger partial charge is 0.162 e. The van der Waals surface area contributed by atoms with Crippen LogP contribution in [0.25, 0.3) is 0 Å². The fourth-order valence-electron chi connectivity index (χ4n) is 3.28. The molecule has 20 heavy (non-hydrogen) atoms. The van der Waals surface area contributed by atoms with Crippen molar-refractivity contribution in [3.8, 4) is 0 Å². The SMILES string of the molecule is O=C(CCCc1ccccc1)C1CN2CCCC2CO1. The van der Waals surface area contributed by atoms with Crippen molar-refractivity contribution in [2.45, 2.75) is 44.2 Å². The molecule has 0 aliphatic carbocycles. The molecule has 2 aliphatic rings. The highest BCUT2D eigenvalue weighted by Crippen LogP contribution is 2.23. The van der Waals surface area contributed by atoms with Crippen molar-refractivity contribution < 1.29 is 9.53 Å². The van der Waals surface area contributed by atoms with Crippen molar-refractivity contribution in [1.82, 2.24) is 4.90 Å². The van der Waals surface area contributed by atoms with Crippen LogP contribution in [0.4, 0.5) is 0 Å². The summed E-state index contributed by atoms with van der Waals surface area (Å²) in [4.78, 5) is 14.7. The molecule has 0 radical (unpaired) electrons. The number of aryl methyl sites for hydroxylation is 1. The van der Waals surface area contributed by atoms with Gasteiger partial charge in [0.05, 0.1) is 6.61 Å². The molecule has 0 aromatic heterocycles. The topological polar surface area (TPSA) is 29.5 Å². The zero-order chi connectivity index (χ0) is 13.8. The molecule has 108 valence electrons. The monoisotopic (exact) mass is 273 g/mol. The van der Waals surface area contributed by atoms with Crippen LogP contribution < -0.4 is 0 Å². The average Bonchev–Trinajstić information content (AvgIpc) is 2.95. The highest BCUT2D eigenvalue weighted by Gasteiger charge is 2.34. The molecule has 2 heterocycles. The zero-order valence-corrected chi connectivity index (χ0v) is 12.0. The molecule has 0 amide bonds. The molecular weight excluding hydrogens is 250 g/mol. The van der Waals surface area contributed by atoms with Gasteiger partial charge in [0.25, 0.3) is 0 Å². The summed E-state index contributed by atoms with van der Waals surface area (Å²) in [5, 5.41) is 0. The number of carbonyl (C=O) groups excluding carboxylic acids is 1. The number of ether oxygens (including phenoxy) is 1. The maximum atomic E-state index is 12.2. The predicted octanol–water partition coefficient (Wildman–Crippen LogP) is 2.44. The summed E-state index contributed by atoms with van der Waals surface area (Å²) in [6.45, 7) is 2.70. The number of benzene rings is 1. The Morgan fingerprint density at radius 1 is 1.30 bits per heavy atom. The van der Waals surface area contributed by atoms with Crippen LogP contribution in [-0.4, -0.2) is 42.5 Å². The molecule has 2 aliphatic heterocycles. The Morgan fingerprint density at radius 3 is 3.00 bits per heavy atom. The van der Waals surface area contributed by atoms with Crippen LogP contribution in [0.15, 0.2) is 30.3 Å². The van der Waals surface area contributed by atoms with Gasteiger partial charge >= 0.3 is 0 Å². The number of morpholine rings is 1. The van der Waals surface area contributed by atoms with Crippen LogP contribution in [0, 0.1) is 0 Å². The third kappa shape index (κ3) is 3.28.